The number of nitrogens with one attached hydrogen (secondary N) is 1. The molecule has 0 heterocycles. The highest BCUT2D eigenvalue weighted by Crippen LogP contribution is 2.25. The third kappa shape index (κ3) is 5.61. The van der Waals surface area contributed by atoms with E-state index >= 15 is 0 Å². The highest BCUT2D eigenvalue weighted by Gasteiger charge is 2.06. The lowest BCUT2D eigenvalue weighted by Gasteiger charge is -2.09. The van der Waals surface area contributed by atoms with Gasteiger partial charge in [0.2, 0.25) is 0 Å². The van der Waals surface area contributed by atoms with E-state index in [2.05, 4.69) is 10.5 Å². The van der Waals surface area contributed by atoms with Crippen molar-refractivity contribution in [3.8, 4) is 11.5 Å². The Balaban J connectivity index is 1.82. The molecule has 5 heteroatoms. The molecule has 0 radical (unpaired) electrons. The van der Waals surface area contributed by atoms with E-state index in [4.69, 9.17) is 9.47 Å². The van der Waals surface area contributed by atoms with Gasteiger partial charge in [0, 0.05) is 0 Å². The maximum absolute atomic E-state index is 11.8. The number of methoxy groups -OCH3 is 1. The normalized spacial score (nSPS) is 11.3. The number of ether oxygens (including phenoxy) is 2. The van der Waals surface area contributed by atoms with Crippen molar-refractivity contribution in [2.24, 2.45) is 5.10 Å². The van der Waals surface area contributed by atoms with Crippen LogP contribution in [-0.4, -0.2) is 25.3 Å². The summed E-state index contributed by atoms with van der Waals surface area (Å²) in [6.07, 6.45) is 3.76. The molecule has 0 unspecified atom stereocenters. The highest BCUT2D eigenvalue weighted by molar-refractivity contribution is 5.97. The van der Waals surface area contributed by atoms with Gasteiger partial charge in [-0.15, -0.1) is 0 Å². The second kappa shape index (κ2) is 9.15. The molecule has 0 saturated heterocycles. The van der Waals surface area contributed by atoms with Crippen molar-refractivity contribution in [1.29, 1.82) is 0 Å². The molecule has 0 aliphatic heterocycles. The van der Waals surface area contributed by atoms with Crippen molar-refractivity contribution in [3.63, 3.8) is 0 Å². The molecular weight excluding hydrogens is 304 g/mol. The largest absolute Gasteiger partial charge is 0.493 e. The summed E-state index contributed by atoms with van der Waals surface area (Å²) in [6, 6.07) is 17.0. The highest BCUT2D eigenvalue weighted by atomic mass is 16.5. The molecule has 124 valence electrons. The average molecular weight is 324 g/mol. The van der Waals surface area contributed by atoms with E-state index in [1.165, 1.54) is 0 Å². The molecule has 0 saturated carbocycles. The number of carbonyl (C=O) groups is 1. The summed E-state index contributed by atoms with van der Waals surface area (Å²) in [5.74, 6) is 0.754. The zero-order valence-electron chi connectivity index (χ0n) is 13.7. The molecule has 5 nitrogen and oxygen atoms in total. The van der Waals surface area contributed by atoms with E-state index in [-0.39, 0.29) is 12.5 Å². The number of hydrogen-bond acceptors (Lipinski definition) is 4. The smallest absolute Gasteiger partial charge is 0.277 e. The average Bonchev–Trinajstić information content (AvgIpc) is 2.64. The molecule has 0 spiro atoms. The SMILES string of the molecule is COc1ccccc1OCC(=O)N/N=C(C)/C=C/c1ccccc1. The van der Waals surface area contributed by atoms with Gasteiger partial charge in [0.25, 0.3) is 5.91 Å². The van der Waals surface area contributed by atoms with Crippen LogP contribution in [0.15, 0.2) is 65.8 Å². The van der Waals surface area contributed by atoms with E-state index < -0.39 is 0 Å². The van der Waals surface area contributed by atoms with Crippen LogP contribution < -0.4 is 14.9 Å². The first-order valence-corrected chi connectivity index (χ1v) is 7.51. The Hall–Kier alpha value is -3.08. The molecule has 2 rings (SSSR count). The lowest BCUT2D eigenvalue weighted by Crippen LogP contribution is -2.25. The van der Waals surface area contributed by atoms with Crippen molar-refractivity contribution < 1.29 is 14.3 Å². The molecule has 0 aromatic heterocycles. The molecule has 0 atom stereocenters. The number of carbonyl (C=O) groups excluding carboxylic acids is 1. The summed E-state index contributed by atoms with van der Waals surface area (Å²) in [5.41, 5.74) is 4.21. The molecular formula is C19H20N2O3. The Kier molecular flexibility index (Phi) is 6.58. The van der Waals surface area contributed by atoms with Crippen molar-refractivity contribution in [3.05, 3.63) is 66.2 Å². The van der Waals surface area contributed by atoms with Gasteiger partial charge in [-0.1, -0.05) is 48.5 Å². The van der Waals surface area contributed by atoms with Gasteiger partial charge in [-0.2, -0.15) is 5.10 Å². The first-order chi connectivity index (χ1) is 11.7. The first-order valence-electron chi connectivity index (χ1n) is 7.51. The van der Waals surface area contributed by atoms with Crippen LogP contribution in [0.5, 0.6) is 11.5 Å². The Morgan fingerprint density at radius 1 is 1.08 bits per heavy atom. The van der Waals surface area contributed by atoms with Gasteiger partial charge in [0.05, 0.1) is 12.8 Å². The molecule has 0 bridgehead atoms. The Morgan fingerprint density at radius 3 is 2.46 bits per heavy atom. The van der Waals surface area contributed by atoms with Crippen molar-refractivity contribution >= 4 is 17.7 Å². The maximum Gasteiger partial charge on any atom is 0.277 e. The second-order valence-electron chi connectivity index (χ2n) is 4.97. The summed E-state index contributed by atoms with van der Waals surface area (Å²) >= 11 is 0. The van der Waals surface area contributed by atoms with Crippen LogP contribution in [0.1, 0.15) is 12.5 Å². The summed E-state index contributed by atoms with van der Waals surface area (Å²) in [5, 5.41) is 4.01. The molecule has 24 heavy (non-hydrogen) atoms. The van der Waals surface area contributed by atoms with Crippen molar-refractivity contribution in [2.45, 2.75) is 6.92 Å². The zero-order valence-corrected chi connectivity index (χ0v) is 13.7. The predicted molar refractivity (Wildman–Crippen MR) is 95.2 cm³/mol. The molecule has 2 aromatic rings. The first kappa shape index (κ1) is 17.3. The molecule has 0 aliphatic rings. The second-order valence-corrected chi connectivity index (χ2v) is 4.97. The number of rotatable bonds is 7. The summed E-state index contributed by atoms with van der Waals surface area (Å²) in [7, 11) is 1.55. The molecule has 0 aliphatic carbocycles. The third-order valence-corrected chi connectivity index (χ3v) is 3.10. The predicted octanol–water partition coefficient (Wildman–Crippen LogP) is 3.28. The van der Waals surface area contributed by atoms with E-state index in [0.717, 1.165) is 5.56 Å². The summed E-state index contributed by atoms with van der Waals surface area (Å²) in [6.45, 7) is 1.67. The van der Waals surface area contributed by atoms with Crippen LogP contribution in [-0.2, 0) is 4.79 Å². The third-order valence-electron chi connectivity index (χ3n) is 3.10. The summed E-state index contributed by atoms with van der Waals surface area (Å²) < 4.78 is 10.6. The fraction of sp³-hybridized carbons (Fsp3) is 0.158. The zero-order chi connectivity index (χ0) is 17.2. The van der Waals surface area contributed by atoms with Crippen molar-refractivity contribution in [1.82, 2.24) is 5.43 Å². The van der Waals surface area contributed by atoms with E-state index in [0.29, 0.717) is 17.2 Å². The van der Waals surface area contributed by atoms with Gasteiger partial charge in [0.15, 0.2) is 18.1 Å². The van der Waals surface area contributed by atoms with E-state index in [1.807, 2.05) is 54.6 Å². The van der Waals surface area contributed by atoms with Gasteiger partial charge in [-0.3, -0.25) is 4.79 Å². The number of benzene rings is 2. The molecule has 1 N–H and O–H groups in total. The topological polar surface area (TPSA) is 59.9 Å². The van der Waals surface area contributed by atoms with Crippen LogP contribution in [0.25, 0.3) is 6.08 Å². The Morgan fingerprint density at radius 2 is 1.75 bits per heavy atom. The molecule has 0 fully saturated rings. The fourth-order valence-corrected chi connectivity index (χ4v) is 1.88. The minimum absolute atomic E-state index is 0.139. The van der Waals surface area contributed by atoms with E-state index in [1.54, 1.807) is 26.2 Å². The maximum atomic E-state index is 11.8. The number of hydrogen-bond donors (Lipinski definition) is 1. The quantitative estimate of drug-likeness (QED) is 0.628. The minimum Gasteiger partial charge on any atom is -0.493 e. The lowest BCUT2D eigenvalue weighted by atomic mass is 10.2. The number of amides is 1. The van der Waals surface area contributed by atoms with Gasteiger partial charge in [0.1, 0.15) is 0 Å². The van der Waals surface area contributed by atoms with Crippen LogP contribution in [0, 0.1) is 0 Å². The lowest BCUT2D eigenvalue weighted by molar-refractivity contribution is -0.123. The fourth-order valence-electron chi connectivity index (χ4n) is 1.88. The van der Waals surface area contributed by atoms with Crippen LogP contribution in [0.2, 0.25) is 0 Å². The van der Waals surface area contributed by atoms with Crippen LogP contribution >= 0.6 is 0 Å². The standard InChI is InChI=1S/C19H20N2O3/c1-15(12-13-16-8-4-3-5-9-16)20-21-19(22)14-24-18-11-7-6-10-17(18)23-2/h3-13H,14H2,1-2H3,(H,21,22)/b13-12+,20-15+. The number of para-hydroxylation sites is 2. The number of allylic oxidation sites excluding steroid dienone is 1. The summed E-state index contributed by atoms with van der Waals surface area (Å²) in [4.78, 5) is 11.8. The monoisotopic (exact) mass is 324 g/mol. The van der Waals surface area contributed by atoms with Gasteiger partial charge >= 0.3 is 0 Å². The van der Waals surface area contributed by atoms with E-state index in [9.17, 15) is 4.79 Å². The molecule has 2 aromatic carbocycles. The van der Waals surface area contributed by atoms with Gasteiger partial charge in [-0.05, 0) is 30.7 Å². The van der Waals surface area contributed by atoms with Crippen molar-refractivity contribution in [2.75, 3.05) is 13.7 Å². The number of nitrogens with zero attached hydrogens (tertiary/aromatic N) is 1. The van der Waals surface area contributed by atoms with Gasteiger partial charge in [-0.25, -0.2) is 5.43 Å². The van der Waals surface area contributed by atoms with Crippen LogP contribution in [0.4, 0.5) is 0 Å². The van der Waals surface area contributed by atoms with Crippen LogP contribution in [0.3, 0.4) is 0 Å². The Bertz CT molecular complexity index is 724. The Labute approximate surface area is 141 Å². The number of hydrazone groups is 1. The minimum atomic E-state index is -0.339. The molecule has 1 amide bonds. The van der Waals surface area contributed by atoms with Gasteiger partial charge < -0.3 is 9.47 Å².